The van der Waals surface area contributed by atoms with Gasteiger partial charge < -0.3 is 19.4 Å². The van der Waals surface area contributed by atoms with E-state index in [9.17, 15) is 14.3 Å². The Balaban J connectivity index is 1.73. The van der Waals surface area contributed by atoms with Gasteiger partial charge in [0.15, 0.2) is 0 Å². The molecule has 4 aromatic rings. The highest BCUT2D eigenvalue weighted by molar-refractivity contribution is 5.98. The van der Waals surface area contributed by atoms with Gasteiger partial charge in [-0.3, -0.25) is 0 Å². The number of furan rings is 1. The van der Waals surface area contributed by atoms with Gasteiger partial charge in [0.25, 0.3) is 0 Å². The van der Waals surface area contributed by atoms with Crippen LogP contribution in [0.25, 0.3) is 10.9 Å². The van der Waals surface area contributed by atoms with Crippen LogP contribution in [0.15, 0.2) is 71.3 Å². The summed E-state index contributed by atoms with van der Waals surface area (Å²) >= 11 is 0. The Morgan fingerprint density at radius 3 is 2.68 bits per heavy atom. The van der Waals surface area contributed by atoms with Gasteiger partial charge in [0.2, 0.25) is 0 Å². The average molecular weight is 378 g/mol. The van der Waals surface area contributed by atoms with Crippen molar-refractivity contribution < 1.29 is 18.7 Å². The molecule has 0 atom stereocenters. The molecule has 0 bridgehead atoms. The van der Waals surface area contributed by atoms with Gasteiger partial charge in [-0.05, 0) is 35.9 Å². The van der Waals surface area contributed by atoms with E-state index in [0.29, 0.717) is 24.2 Å². The Kier molecular flexibility index (Phi) is 4.95. The van der Waals surface area contributed by atoms with Crippen LogP contribution in [0.2, 0.25) is 0 Å². The number of fused-ring (bicyclic) bond motifs is 1. The number of nitrogens with one attached hydrogen (secondary N) is 1. The minimum Gasteiger partial charge on any atom is -0.477 e. The standard InChI is InChI=1S/C22H19FN2O3/c23-16-6-3-5-15(11-16)14-25-20-9-2-1-8-18(20)19(21(25)22(26)27)13-24-12-17-7-4-10-28-17/h1-11,24H,12-14H2,(H,26,27). The summed E-state index contributed by atoms with van der Waals surface area (Å²) in [4.78, 5) is 12.1. The molecule has 0 spiro atoms. The van der Waals surface area contributed by atoms with Crippen LogP contribution < -0.4 is 5.32 Å². The molecule has 28 heavy (non-hydrogen) atoms. The first-order valence-corrected chi connectivity index (χ1v) is 8.94. The van der Waals surface area contributed by atoms with E-state index in [0.717, 1.165) is 16.7 Å². The van der Waals surface area contributed by atoms with Crippen molar-refractivity contribution in [2.75, 3.05) is 0 Å². The van der Waals surface area contributed by atoms with Crippen LogP contribution in [0, 0.1) is 5.82 Å². The SMILES string of the molecule is O=C(O)c1c(CNCc2ccco2)c2ccccc2n1Cc1cccc(F)c1. The number of para-hydroxylation sites is 1. The molecular weight excluding hydrogens is 359 g/mol. The lowest BCUT2D eigenvalue weighted by atomic mass is 10.1. The summed E-state index contributed by atoms with van der Waals surface area (Å²) < 4.78 is 20.6. The normalized spacial score (nSPS) is 11.2. The largest absolute Gasteiger partial charge is 0.477 e. The molecule has 0 aliphatic rings. The highest BCUT2D eigenvalue weighted by Gasteiger charge is 2.22. The Hall–Kier alpha value is -3.38. The number of aromatic carboxylic acids is 1. The minimum absolute atomic E-state index is 0.206. The zero-order chi connectivity index (χ0) is 19.5. The van der Waals surface area contributed by atoms with Crippen LogP contribution in [0.1, 0.15) is 27.4 Å². The topological polar surface area (TPSA) is 67.4 Å². The smallest absolute Gasteiger partial charge is 0.352 e. The van der Waals surface area contributed by atoms with E-state index in [1.807, 2.05) is 36.4 Å². The number of hydrogen-bond donors (Lipinski definition) is 2. The van der Waals surface area contributed by atoms with Crippen LogP contribution in [-0.2, 0) is 19.6 Å². The van der Waals surface area contributed by atoms with Gasteiger partial charge in [-0.15, -0.1) is 0 Å². The Morgan fingerprint density at radius 2 is 1.93 bits per heavy atom. The maximum atomic E-state index is 13.6. The summed E-state index contributed by atoms with van der Waals surface area (Å²) in [5.41, 5.74) is 2.42. The molecule has 2 heterocycles. The van der Waals surface area contributed by atoms with Crippen molar-refractivity contribution in [2.24, 2.45) is 0 Å². The molecule has 0 aliphatic heterocycles. The second kappa shape index (κ2) is 7.70. The molecule has 5 nitrogen and oxygen atoms in total. The lowest BCUT2D eigenvalue weighted by molar-refractivity contribution is 0.0685. The maximum absolute atomic E-state index is 13.6. The number of benzene rings is 2. The first kappa shape index (κ1) is 18.0. The Bertz CT molecular complexity index is 1120. The van der Waals surface area contributed by atoms with E-state index in [2.05, 4.69) is 5.32 Å². The van der Waals surface area contributed by atoms with E-state index in [-0.39, 0.29) is 18.1 Å². The third-order valence-corrected chi connectivity index (χ3v) is 4.69. The minimum atomic E-state index is -1.01. The summed E-state index contributed by atoms with van der Waals surface area (Å²) in [5.74, 6) is -0.575. The first-order chi connectivity index (χ1) is 13.6. The predicted molar refractivity (Wildman–Crippen MR) is 104 cm³/mol. The van der Waals surface area contributed by atoms with E-state index in [1.165, 1.54) is 12.1 Å². The van der Waals surface area contributed by atoms with Gasteiger partial charge in [-0.1, -0.05) is 30.3 Å². The number of nitrogens with zero attached hydrogens (tertiary/aromatic N) is 1. The fourth-order valence-electron chi connectivity index (χ4n) is 3.50. The molecule has 0 radical (unpaired) electrons. The summed E-state index contributed by atoms with van der Waals surface area (Å²) in [7, 11) is 0. The Labute approximate surface area is 161 Å². The Morgan fingerprint density at radius 1 is 1.07 bits per heavy atom. The average Bonchev–Trinajstić information content (AvgIpc) is 3.29. The number of carboxylic acids is 1. The predicted octanol–water partition coefficient (Wildman–Crippen LogP) is 4.41. The van der Waals surface area contributed by atoms with Crippen molar-refractivity contribution >= 4 is 16.9 Å². The van der Waals surface area contributed by atoms with Crippen molar-refractivity contribution in [1.82, 2.24) is 9.88 Å². The third kappa shape index (κ3) is 3.54. The zero-order valence-electron chi connectivity index (χ0n) is 15.1. The van der Waals surface area contributed by atoms with Crippen LogP contribution in [0.4, 0.5) is 4.39 Å². The fraction of sp³-hybridized carbons (Fsp3) is 0.136. The second-order valence-corrected chi connectivity index (χ2v) is 6.55. The molecule has 2 aromatic heterocycles. The van der Waals surface area contributed by atoms with Crippen molar-refractivity contribution in [3.8, 4) is 0 Å². The zero-order valence-corrected chi connectivity index (χ0v) is 15.1. The lowest BCUT2D eigenvalue weighted by Gasteiger charge is -2.10. The molecule has 142 valence electrons. The van der Waals surface area contributed by atoms with Crippen molar-refractivity contribution in [3.05, 3.63) is 95.3 Å². The number of carbonyl (C=O) groups is 1. The molecule has 0 saturated carbocycles. The molecule has 0 aliphatic carbocycles. The highest BCUT2D eigenvalue weighted by Crippen LogP contribution is 2.28. The van der Waals surface area contributed by atoms with Gasteiger partial charge in [0.05, 0.1) is 12.8 Å². The number of halogens is 1. The van der Waals surface area contributed by atoms with Crippen molar-refractivity contribution in [2.45, 2.75) is 19.6 Å². The van der Waals surface area contributed by atoms with Gasteiger partial charge in [0, 0.05) is 29.6 Å². The highest BCUT2D eigenvalue weighted by atomic mass is 19.1. The van der Waals surface area contributed by atoms with E-state index >= 15 is 0 Å². The summed E-state index contributed by atoms with van der Waals surface area (Å²) in [6.07, 6.45) is 1.60. The first-order valence-electron chi connectivity index (χ1n) is 8.94. The van der Waals surface area contributed by atoms with Gasteiger partial charge in [-0.25, -0.2) is 9.18 Å². The molecule has 0 fully saturated rings. The van der Waals surface area contributed by atoms with Crippen LogP contribution in [0.3, 0.4) is 0 Å². The number of aromatic nitrogens is 1. The third-order valence-electron chi connectivity index (χ3n) is 4.69. The molecule has 4 rings (SSSR count). The van der Waals surface area contributed by atoms with Gasteiger partial charge in [-0.2, -0.15) is 0 Å². The van der Waals surface area contributed by atoms with Gasteiger partial charge >= 0.3 is 5.97 Å². The summed E-state index contributed by atoms with van der Waals surface area (Å²) in [5, 5.41) is 14.0. The van der Waals surface area contributed by atoms with E-state index in [4.69, 9.17) is 4.42 Å². The molecule has 2 aromatic carbocycles. The molecule has 0 unspecified atom stereocenters. The monoisotopic (exact) mass is 378 g/mol. The summed E-state index contributed by atoms with van der Waals surface area (Å²) in [6.45, 7) is 1.15. The van der Waals surface area contributed by atoms with Crippen LogP contribution in [0.5, 0.6) is 0 Å². The fourth-order valence-corrected chi connectivity index (χ4v) is 3.50. The summed E-state index contributed by atoms with van der Waals surface area (Å²) in [6, 6.07) is 17.4. The van der Waals surface area contributed by atoms with E-state index < -0.39 is 5.97 Å². The molecule has 0 saturated heterocycles. The quantitative estimate of drug-likeness (QED) is 0.500. The second-order valence-electron chi connectivity index (χ2n) is 6.55. The number of hydrogen-bond acceptors (Lipinski definition) is 3. The maximum Gasteiger partial charge on any atom is 0.352 e. The van der Waals surface area contributed by atoms with Crippen LogP contribution >= 0.6 is 0 Å². The number of carboxylic acid groups (broad SMARTS) is 1. The number of rotatable bonds is 7. The molecular formula is C22H19FN2O3. The van der Waals surface area contributed by atoms with Crippen molar-refractivity contribution in [3.63, 3.8) is 0 Å². The molecule has 6 heteroatoms. The van der Waals surface area contributed by atoms with Gasteiger partial charge in [0.1, 0.15) is 17.3 Å². The van der Waals surface area contributed by atoms with Crippen molar-refractivity contribution in [1.29, 1.82) is 0 Å². The lowest BCUT2D eigenvalue weighted by Crippen LogP contribution is -2.17. The van der Waals surface area contributed by atoms with E-state index in [1.54, 1.807) is 23.0 Å². The molecule has 2 N–H and O–H groups in total. The molecule has 0 amide bonds. The van der Waals surface area contributed by atoms with Crippen LogP contribution in [-0.4, -0.2) is 15.6 Å².